The Bertz CT molecular complexity index is 658. The molecule has 0 bridgehead atoms. The van der Waals surface area contributed by atoms with E-state index in [9.17, 15) is 4.79 Å². The molecule has 1 heterocycles. The van der Waals surface area contributed by atoms with Crippen molar-refractivity contribution in [3.63, 3.8) is 0 Å². The van der Waals surface area contributed by atoms with E-state index in [0.717, 1.165) is 5.56 Å². The minimum Gasteiger partial charge on any atom is -0.351 e. The Labute approximate surface area is 138 Å². The normalized spacial score (nSPS) is 11.9. The zero-order chi connectivity index (χ0) is 15.9. The lowest BCUT2D eigenvalue weighted by molar-refractivity contribution is -0.120. The van der Waals surface area contributed by atoms with E-state index >= 15 is 0 Å². The summed E-state index contributed by atoms with van der Waals surface area (Å²) in [6.07, 6.45) is 3.38. The van der Waals surface area contributed by atoms with Crippen LogP contribution in [0.3, 0.4) is 0 Å². The van der Waals surface area contributed by atoms with E-state index in [2.05, 4.69) is 22.1 Å². The molecule has 7 heteroatoms. The van der Waals surface area contributed by atoms with Crippen molar-refractivity contribution in [2.24, 2.45) is 0 Å². The molecule has 0 saturated heterocycles. The lowest BCUT2D eigenvalue weighted by atomic mass is 10.2. The molecule has 1 atom stereocenters. The summed E-state index contributed by atoms with van der Waals surface area (Å²) >= 11 is 7.43. The predicted octanol–water partition coefficient (Wildman–Crippen LogP) is 2.91. The van der Waals surface area contributed by atoms with Crippen molar-refractivity contribution in [1.29, 1.82) is 0 Å². The van der Waals surface area contributed by atoms with Crippen molar-refractivity contribution in [2.75, 3.05) is 0 Å². The van der Waals surface area contributed by atoms with Crippen LogP contribution in [0.25, 0.3) is 0 Å². The van der Waals surface area contributed by atoms with Gasteiger partial charge in [0.1, 0.15) is 6.33 Å². The number of hydrogen-bond donors (Lipinski definition) is 1. The van der Waals surface area contributed by atoms with Gasteiger partial charge in [0.25, 0.3) is 0 Å². The van der Waals surface area contributed by atoms with Crippen molar-refractivity contribution in [1.82, 2.24) is 20.1 Å². The summed E-state index contributed by atoms with van der Waals surface area (Å²) in [5.41, 5.74) is 0.893. The third kappa shape index (κ3) is 4.35. The molecule has 5 nitrogen and oxygen atoms in total. The molecule has 1 aromatic carbocycles. The molecular formula is C15H17ClN4OS. The van der Waals surface area contributed by atoms with Crippen LogP contribution in [0, 0.1) is 0 Å². The molecule has 1 N–H and O–H groups in total. The number of nitrogens with one attached hydrogen (secondary N) is 1. The van der Waals surface area contributed by atoms with Gasteiger partial charge >= 0.3 is 0 Å². The van der Waals surface area contributed by atoms with Crippen LogP contribution < -0.4 is 5.32 Å². The van der Waals surface area contributed by atoms with Crippen LogP contribution in [0.15, 0.2) is 48.4 Å². The van der Waals surface area contributed by atoms with Crippen LogP contribution >= 0.6 is 23.4 Å². The minimum absolute atomic E-state index is 0.0712. The highest BCUT2D eigenvalue weighted by Crippen LogP contribution is 2.21. The van der Waals surface area contributed by atoms with Crippen molar-refractivity contribution in [3.8, 4) is 0 Å². The maximum absolute atomic E-state index is 12.2. The lowest BCUT2D eigenvalue weighted by Crippen LogP contribution is -2.30. The van der Waals surface area contributed by atoms with Crippen LogP contribution in [-0.2, 0) is 17.9 Å². The molecule has 0 aliphatic heterocycles. The Morgan fingerprint density at radius 3 is 3.05 bits per heavy atom. The second kappa shape index (κ2) is 8.00. The first-order chi connectivity index (χ1) is 10.6. The van der Waals surface area contributed by atoms with Gasteiger partial charge < -0.3 is 9.88 Å². The second-order valence-corrected chi connectivity index (χ2v) is 6.34. The lowest BCUT2D eigenvalue weighted by Gasteiger charge is -2.12. The highest BCUT2D eigenvalue weighted by Gasteiger charge is 2.17. The predicted molar refractivity (Wildman–Crippen MR) is 88.8 cm³/mol. The fraction of sp³-hybridized carbons (Fsp3) is 0.267. The average molecular weight is 337 g/mol. The molecule has 0 spiro atoms. The molecular weight excluding hydrogens is 320 g/mol. The van der Waals surface area contributed by atoms with Gasteiger partial charge in [-0.1, -0.05) is 47.6 Å². The van der Waals surface area contributed by atoms with Gasteiger partial charge in [-0.3, -0.25) is 4.79 Å². The van der Waals surface area contributed by atoms with E-state index < -0.39 is 0 Å². The van der Waals surface area contributed by atoms with Crippen molar-refractivity contribution >= 4 is 29.3 Å². The Morgan fingerprint density at radius 2 is 2.32 bits per heavy atom. The number of hydrogen-bond acceptors (Lipinski definition) is 4. The monoisotopic (exact) mass is 336 g/mol. The maximum atomic E-state index is 12.2. The first-order valence-corrected chi connectivity index (χ1v) is 8.04. The van der Waals surface area contributed by atoms with E-state index in [1.165, 1.54) is 11.8 Å². The number of benzene rings is 1. The summed E-state index contributed by atoms with van der Waals surface area (Å²) in [6, 6.07) is 7.45. The van der Waals surface area contributed by atoms with Crippen molar-refractivity contribution in [3.05, 3.63) is 53.8 Å². The highest BCUT2D eigenvalue weighted by molar-refractivity contribution is 8.00. The van der Waals surface area contributed by atoms with Crippen LogP contribution in [-0.4, -0.2) is 25.9 Å². The summed E-state index contributed by atoms with van der Waals surface area (Å²) in [6.45, 7) is 6.54. The fourth-order valence-electron chi connectivity index (χ4n) is 1.78. The topological polar surface area (TPSA) is 59.8 Å². The molecule has 0 radical (unpaired) electrons. The van der Waals surface area contributed by atoms with Gasteiger partial charge in [-0.25, -0.2) is 0 Å². The number of aromatic nitrogens is 3. The number of nitrogens with zero attached hydrogens (tertiary/aromatic N) is 3. The van der Waals surface area contributed by atoms with Gasteiger partial charge in [-0.15, -0.1) is 16.8 Å². The number of amides is 1. The molecule has 0 saturated carbocycles. The quantitative estimate of drug-likeness (QED) is 0.624. The Hall–Kier alpha value is -1.79. The van der Waals surface area contributed by atoms with Crippen molar-refractivity contribution in [2.45, 2.75) is 30.4 Å². The second-order valence-electron chi connectivity index (χ2n) is 4.62. The molecule has 116 valence electrons. The third-order valence-corrected chi connectivity index (χ3v) is 4.43. The summed E-state index contributed by atoms with van der Waals surface area (Å²) in [4.78, 5) is 12.2. The first-order valence-electron chi connectivity index (χ1n) is 6.78. The number of rotatable bonds is 7. The number of allylic oxidation sites excluding steroid dienone is 1. The van der Waals surface area contributed by atoms with Gasteiger partial charge in [-0.05, 0) is 18.6 Å². The number of carbonyl (C=O) groups excluding carboxylic acids is 1. The number of thioether (sulfide) groups is 1. The summed E-state index contributed by atoms with van der Waals surface area (Å²) in [5.74, 6) is -0.0712. The molecule has 22 heavy (non-hydrogen) atoms. The van der Waals surface area contributed by atoms with Gasteiger partial charge in [-0.2, -0.15) is 0 Å². The molecule has 0 aliphatic carbocycles. The summed E-state index contributed by atoms with van der Waals surface area (Å²) in [5, 5.41) is 11.8. The van der Waals surface area contributed by atoms with Crippen LogP contribution in [0.1, 0.15) is 12.5 Å². The average Bonchev–Trinajstić information content (AvgIpc) is 2.93. The third-order valence-electron chi connectivity index (χ3n) is 2.97. The van der Waals surface area contributed by atoms with E-state index in [1.807, 2.05) is 29.7 Å². The zero-order valence-electron chi connectivity index (χ0n) is 12.2. The van der Waals surface area contributed by atoms with E-state index in [-0.39, 0.29) is 11.2 Å². The van der Waals surface area contributed by atoms with E-state index in [0.29, 0.717) is 23.3 Å². The van der Waals surface area contributed by atoms with Crippen LogP contribution in [0.5, 0.6) is 0 Å². The number of carbonyl (C=O) groups is 1. The largest absolute Gasteiger partial charge is 0.351 e. The van der Waals surface area contributed by atoms with Crippen LogP contribution in [0.2, 0.25) is 5.02 Å². The Kier molecular flexibility index (Phi) is 6.03. The van der Waals surface area contributed by atoms with E-state index in [4.69, 9.17) is 11.6 Å². The molecule has 2 aromatic rings. The molecule has 0 aliphatic rings. The highest BCUT2D eigenvalue weighted by atomic mass is 35.5. The SMILES string of the molecule is C=CCn1cnnc1S[C@@H](C)C(=O)NCc1ccccc1Cl. The Morgan fingerprint density at radius 1 is 1.55 bits per heavy atom. The fourth-order valence-corrected chi connectivity index (χ4v) is 2.84. The van der Waals surface area contributed by atoms with Crippen molar-refractivity contribution < 1.29 is 4.79 Å². The minimum atomic E-state index is -0.282. The standard InChI is InChI=1S/C15H17ClN4OS/c1-3-8-20-10-18-19-15(20)22-11(2)14(21)17-9-12-6-4-5-7-13(12)16/h3-7,10-11H,1,8-9H2,2H3,(H,17,21)/t11-/m0/s1. The number of halogens is 1. The summed E-state index contributed by atoms with van der Waals surface area (Å²) in [7, 11) is 0. The van der Waals surface area contributed by atoms with Gasteiger partial charge in [0.05, 0.1) is 5.25 Å². The molecule has 1 aromatic heterocycles. The van der Waals surface area contributed by atoms with Gasteiger partial charge in [0, 0.05) is 18.1 Å². The van der Waals surface area contributed by atoms with Gasteiger partial charge in [0.2, 0.25) is 5.91 Å². The van der Waals surface area contributed by atoms with E-state index in [1.54, 1.807) is 18.5 Å². The Balaban J connectivity index is 1.91. The zero-order valence-corrected chi connectivity index (χ0v) is 13.8. The smallest absolute Gasteiger partial charge is 0.233 e. The molecule has 0 fully saturated rings. The van der Waals surface area contributed by atoms with Gasteiger partial charge in [0.15, 0.2) is 5.16 Å². The summed E-state index contributed by atoms with van der Waals surface area (Å²) < 4.78 is 1.84. The molecule has 2 rings (SSSR count). The first kappa shape index (κ1) is 16.6. The maximum Gasteiger partial charge on any atom is 0.233 e. The molecule has 1 amide bonds. The van der Waals surface area contributed by atoms with Crippen LogP contribution in [0.4, 0.5) is 0 Å². The molecule has 0 unspecified atom stereocenters.